The van der Waals surface area contributed by atoms with Gasteiger partial charge in [0.15, 0.2) is 5.78 Å². The quantitative estimate of drug-likeness (QED) is 0.637. The lowest BCUT2D eigenvalue weighted by atomic mass is 9.52. The van der Waals surface area contributed by atoms with Gasteiger partial charge in [0.2, 0.25) is 0 Å². The highest BCUT2D eigenvalue weighted by Crippen LogP contribution is 2.65. The highest BCUT2D eigenvalue weighted by atomic mass is 16.6. The van der Waals surface area contributed by atoms with Crippen LogP contribution < -0.4 is 0 Å². The molecular formula is C21H24O3. The Hall–Kier alpha value is -1.64. The van der Waals surface area contributed by atoms with Gasteiger partial charge in [-0.2, -0.15) is 0 Å². The van der Waals surface area contributed by atoms with Gasteiger partial charge in [-0.25, -0.2) is 4.79 Å². The molecule has 1 aliphatic heterocycles. The number of rotatable bonds is 0. The molecule has 0 aromatic rings. The topological polar surface area (TPSA) is 43.4 Å². The molecule has 6 unspecified atom stereocenters. The van der Waals surface area contributed by atoms with Crippen molar-refractivity contribution < 1.29 is 14.3 Å². The number of carbonyl (C=O) groups excluding carboxylic acids is 2. The van der Waals surface area contributed by atoms with Crippen molar-refractivity contribution in [3.8, 4) is 0 Å². The molecule has 126 valence electrons. The molecule has 3 heteroatoms. The minimum atomic E-state index is -0.369. The Bertz CT molecular complexity index is 715. The molecule has 5 rings (SSSR count). The average molecular weight is 324 g/mol. The number of ketones is 1. The lowest BCUT2D eigenvalue weighted by molar-refractivity contribution is -0.159. The minimum absolute atomic E-state index is 0.0485. The second-order valence-corrected chi connectivity index (χ2v) is 8.60. The first-order chi connectivity index (χ1) is 11.5. The highest BCUT2D eigenvalue weighted by molar-refractivity contribution is 5.92. The summed E-state index contributed by atoms with van der Waals surface area (Å²) >= 11 is 0. The van der Waals surface area contributed by atoms with E-state index < -0.39 is 0 Å². The molecule has 3 nitrogen and oxygen atoms in total. The molecule has 2 fully saturated rings. The molecule has 0 amide bonds. The zero-order valence-corrected chi connectivity index (χ0v) is 14.2. The summed E-state index contributed by atoms with van der Waals surface area (Å²) in [6.45, 7) is 2.34. The van der Waals surface area contributed by atoms with E-state index in [9.17, 15) is 9.59 Å². The monoisotopic (exact) mass is 324 g/mol. The Morgan fingerprint density at radius 1 is 1.12 bits per heavy atom. The maximum Gasteiger partial charge on any atom is 0.331 e. The first kappa shape index (κ1) is 14.7. The summed E-state index contributed by atoms with van der Waals surface area (Å²) in [5, 5.41) is 0. The van der Waals surface area contributed by atoms with E-state index >= 15 is 0 Å². The lowest BCUT2D eigenvalue weighted by Crippen LogP contribution is -2.51. The normalized spacial score (nSPS) is 48.8. The molecule has 0 radical (unpaired) electrons. The maximum absolute atomic E-state index is 11.8. The Morgan fingerprint density at radius 2 is 2.00 bits per heavy atom. The zero-order chi connectivity index (χ0) is 16.5. The van der Waals surface area contributed by atoms with Gasteiger partial charge in [-0.15, -0.1) is 0 Å². The van der Waals surface area contributed by atoms with Crippen LogP contribution in [0.15, 0.2) is 36.0 Å². The third kappa shape index (κ3) is 1.73. The fourth-order valence-corrected chi connectivity index (χ4v) is 6.58. The summed E-state index contributed by atoms with van der Waals surface area (Å²) in [6, 6.07) is 0. The molecular weight excluding hydrogens is 300 g/mol. The van der Waals surface area contributed by atoms with Crippen molar-refractivity contribution in [3.63, 3.8) is 0 Å². The van der Waals surface area contributed by atoms with E-state index in [2.05, 4.69) is 19.1 Å². The van der Waals surface area contributed by atoms with Crippen LogP contribution in [-0.4, -0.2) is 17.4 Å². The molecule has 0 bridgehead atoms. The Balaban J connectivity index is 1.51. The summed E-state index contributed by atoms with van der Waals surface area (Å²) < 4.78 is 5.85. The predicted octanol–water partition coefficient (Wildman–Crippen LogP) is 3.76. The average Bonchev–Trinajstić information content (AvgIpc) is 3.08. The molecule has 4 aliphatic carbocycles. The van der Waals surface area contributed by atoms with Crippen LogP contribution in [-0.2, 0) is 14.3 Å². The number of hydrogen-bond donors (Lipinski definition) is 0. The van der Waals surface area contributed by atoms with Gasteiger partial charge in [0.1, 0.15) is 5.60 Å². The second kappa shape index (κ2) is 4.71. The first-order valence-corrected chi connectivity index (χ1v) is 9.37. The summed E-state index contributed by atoms with van der Waals surface area (Å²) in [7, 11) is 0. The van der Waals surface area contributed by atoms with E-state index in [0.29, 0.717) is 30.1 Å². The molecule has 5 aliphatic rings. The van der Waals surface area contributed by atoms with Crippen molar-refractivity contribution >= 4 is 11.8 Å². The number of fused-ring (bicyclic) bond motifs is 6. The third-order valence-corrected chi connectivity index (χ3v) is 7.82. The summed E-state index contributed by atoms with van der Waals surface area (Å²) in [4.78, 5) is 23.5. The van der Waals surface area contributed by atoms with Crippen molar-refractivity contribution in [1.29, 1.82) is 0 Å². The van der Waals surface area contributed by atoms with Crippen LogP contribution in [0.2, 0.25) is 0 Å². The molecule has 2 saturated carbocycles. The maximum atomic E-state index is 11.8. The van der Waals surface area contributed by atoms with Crippen molar-refractivity contribution in [3.05, 3.63) is 36.0 Å². The van der Waals surface area contributed by atoms with Crippen LogP contribution in [0.3, 0.4) is 0 Å². The second-order valence-electron chi connectivity index (χ2n) is 8.60. The van der Waals surface area contributed by atoms with Crippen molar-refractivity contribution in [2.45, 2.75) is 51.0 Å². The third-order valence-electron chi connectivity index (χ3n) is 7.82. The summed E-state index contributed by atoms with van der Waals surface area (Å²) in [5.74, 6) is 2.46. The molecule has 0 saturated heterocycles. The van der Waals surface area contributed by atoms with E-state index in [1.807, 2.05) is 12.2 Å². The zero-order valence-electron chi connectivity index (χ0n) is 14.2. The van der Waals surface area contributed by atoms with Gasteiger partial charge >= 0.3 is 5.97 Å². The van der Waals surface area contributed by atoms with Gasteiger partial charge in [-0.3, -0.25) is 4.79 Å². The van der Waals surface area contributed by atoms with Gasteiger partial charge in [0.25, 0.3) is 0 Å². The van der Waals surface area contributed by atoms with E-state index in [0.717, 1.165) is 25.7 Å². The molecule has 1 heterocycles. The van der Waals surface area contributed by atoms with E-state index in [1.54, 1.807) is 6.08 Å². The van der Waals surface area contributed by atoms with Crippen LogP contribution in [0.25, 0.3) is 0 Å². The number of allylic oxidation sites excluding steroid dienone is 4. The summed E-state index contributed by atoms with van der Waals surface area (Å²) in [5.41, 5.74) is 0.940. The molecule has 24 heavy (non-hydrogen) atoms. The molecule has 6 atom stereocenters. The van der Waals surface area contributed by atoms with Gasteiger partial charge < -0.3 is 4.74 Å². The Kier molecular flexibility index (Phi) is 2.88. The smallest absolute Gasteiger partial charge is 0.331 e. The van der Waals surface area contributed by atoms with Crippen LogP contribution in [0.5, 0.6) is 0 Å². The largest absolute Gasteiger partial charge is 0.451 e. The molecule has 1 spiro atoms. The standard InChI is InChI=1S/C21H24O3/c1-20-9-6-16-15-5-3-14(22)12-13(15)2-4-17(16)18(20)7-10-21(20)11-8-19(23)24-21/h2,4,8,11-12,15-18H,3,5-7,9-10H2,1H3. The molecule has 0 N–H and O–H groups in total. The van der Waals surface area contributed by atoms with Crippen LogP contribution >= 0.6 is 0 Å². The first-order valence-electron chi connectivity index (χ1n) is 9.37. The van der Waals surface area contributed by atoms with Crippen LogP contribution in [0, 0.1) is 29.1 Å². The molecule has 0 aromatic carbocycles. The van der Waals surface area contributed by atoms with E-state index in [-0.39, 0.29) is 22.8 Å². The number of esters is 1. The SMILES string of the molecule is CC12CCC3C4CCC(=O)C=C4C=CC3C1CCC21C=CC(=O)O1. The fraction of sp³-hybridized carbons (Fsp3) is 0.619. The highest BCUT2D eigenvalue weighted by Gasteiger charge is 2.64. The number of carbonyl (C=O) groups is 2. The number of hydrogen-bond acceptors (Lipinski definition) is 3. The number of ether oxygens (including phenoxy) is 1. The van der Waals surface area contributed by atoms with Gasteiger partial charge in [0.05, 0.1) is 0 Å². The van der Waals surface area contributed by atoms with Crippen LogP contribution in [0.1, 0.15) is 45.4 Å². The van der Waals surface area contributed by atoms with E-state index in [4.69, 9.17) is 4.74 Å². The Labute approximate surface area is 142 Å². The summed E-state index contributed by atoms with van der Waals surface area (Å²) in [6.07, 6.45) is 16.2. The van der Waals surface area contributed by atoms with Gasteiger partial charge in [-0.05, 0) is 73.5 Å². The lowest BCUT2D eigenvalue weighted by Gasteiger charge is -2.53. The fourth-order valence-electron chi connectivity index (χ4n) is 6.58. The van der Waals surface area contributed by atoms with E-state index in [1.165, 1.54) is 12.0 Å². The van der Waals surface area contributed by atoms with Gasteiger partial charge in [0, 0.05) is 17.9 Å². The molecule has 0 aromatic heterocycles. The van der Waals surface area contributed by atoms with Crippen molar-refractivity contribution in [2.24, 2.45) is 29.1 Å². The van der Waals surface area contributed by atoms with Crippen LogP contribution in [0.4, 0.5) is 0 Å². The van der Waals surface area contributed by atoms with Crippen molar-refractivity contribution in [2.75, 3.05) is 0 Å². The Morgan fingerprint density at radius 3 is 2.79 bits per heavy atom. The van der Waals surface area contributed by atoms with Gasteiger partial charge in [-0.1, -0.05) is 19.1 Å². The minimum Gasteiger partial charge on any atom is -0.451 e. The predicted molar refractivity (Wildman–Crippen MR) is 90.0 cm³/mol. The van der Waals surface area contributed by atoms with Crippen molar-refractivity contribution in [1.82, 2.24) is 0 Å².